The van der Waals surface area contributed by atoms with Crippen LogP contribution in [-0.4, -0.2) is 44.4 Å². The fraction of sp³-hybridized carbons (Fsp3) is 0.238. The maximum Gasteiger partial charge on any atom is 0.325 e. The van der Waals surface area contributed by atoms with Gasteiger partial charge in [0.2, 0.25) is 17.7 Å². The number of hydrogen-bond acceptors (Lipinski definition) is 8. The van der Waals surface area contributed by atoms with Crippen molar-refractivity contribution in [2.75, 3.05) is 4.90 Å². The molecular weight excluding hydrogens is 436 g/mol. The number of carboxylic acids is 1. The van der Waals surface area contributed by atoms with Gasteiger partial charge in [-0.05, 0) is 12.1 Å². The van der Waals surface area contributed by atoms with Crippen molar-refractivity contribution in [3.63, 3.8) is 0 Å². The molecule has 12 heteroatoms. The molecule has 2 aromatic rings. The number of anilines is 1. The lowest BCUT2D eigenvalue weighted by molar-refractivity contribution is -0.384. The summed E-state index contributed by atoms with van der Waals surface area (Å²) in [6.45, 7) is 0. The molecule has 12 nitrogen and oxygen atoms in total. The Balaban J connectivity index is 1.93. The normalized spacial score (nSPS) is 26.3. The van der Waals surface area contributed by atoms with E-state index in [4.69, 9.17) is 5.73 Å². The summed E-state index contributed by atoms with van der Waals surface area (Å²) in [6.07, 6.45) is -0.822. The van der Waals surface area contributed by atoms with E-state index in [-0.39, 0.29) is 17.0 Å². The van der Waals surface area contributed by atoms with E-state index in [0.717, 1.165) is 6.07 Å². The molecule has 0 aromatic heterocycles. The number of para-hydroxylation sites is 3. The number of nitro groups is 1. The first kappa shape index (κ1) is 21.9. The number of rotatable bonds is 6. The second-order valence-electron chi connectivity index (χ2n) is 7.86. The van der Waals surface area contributed by atoms with Crippen molar-refractivity contribution in [1.82, 2.24) is 5.32 Å². The van der Waals surface area contributed by atoms with E-state index in [1.54, 1.807) is 6.07 Å². The van der Waals surface area contributed by atoms with E-state index >= 15 is 0 Å². The summed E-state index contributed by atoms with van der Waals surface area (Å²) in [6, 6.07) is 9.69. The van der Waals surface area contributed by atoms with E-state index in [9.17, 15) is 39.5 Å². The van der Waals surface area contributed by atoms with Crippen LogP contribution in [0.4, 0.5) is 11.4 Å². The van der Waals surface area contributed by atoms with Crippen LogP contribution >= 0.6 is 0 Å². The zero-order valence-electron chi connectivity index (χ0n) is 16.9. The lowest BCUT2D eigenvalue weighted by atomic mass is 9.77. The van der Waals surface area contributed by atoms with Crippen LogP contribution in [0.3, 0.4) is 0 Å². The maximum absolute atomic E-state index is 13.5. The van der Waals surface area contributed by atoms with E-state index < -0.39 is 64.1 Å². The van der Waals surface area contributed by atoms with Gasteiger partial charge in [-0.1, -0.05) is 30.3 Å². The number of phenolic OH excluding ortho intramolecular Hbond substituents is 1. The summed E-state index contributed by atoms with van der Waals surface area (Å²) in [7, 11) is 0. The third kappa shape index (κ3) is 3.19. The first-order chi connectivity index (χ1) is 15.6. The fourth-order valence-electron chi connectivity index (χ4n) is 4.78. The van der Waals surface area contributed by atoms with Crippen molar-refractivity contribution < 1.29 is 34.3 Å². The molecule has 2 heterocycles. The van der Waals surface area contributed by atoms with Gasteiger partial charge in [-0.15, -0.1) is 0 Å². The molecule has 3 amide bonds. The van der Waals surface area contributed by atoms with Crippen LogP contribution in [-0.2, 0) is 19.2 Å². The second kappa shape index (κ2) is 7.67. The summed E-state index contributed by atoms with van der Waals surface area (Å²) < 4.78 is 0. The summed E-state index contributed by atoms with van der Waals surface area (Å²) >= 11 is 0. The minimum Gasteiger partial charge on any atom is -0.508 e. The number of aliphatic carboxylic acids is 1. The van der Waals surface area contributed by atoms with E-state index in [2.05, 4.69) is 5.32 Å². The van der Waals surface area contributed by atoms with Crippen LogP contribution in [0.25, 0.3) is 0 Å². The largest absolute Gasteiger partial charge is 0.508 e. The van der Waals surface area contributed by atoms with Crippen molar-refractivity contribution in [1.29, 1.82) is 0 Å². The SMILES string of the molecule is NC(=O)C[C@]1(C(=O)O)N[C@H](c2ccccc2O)[C@H]2C(=O)N(c3ccccc3[N+](=O)[O-])C(=O)[C@H]21. The van der Waals surface area contributed by atoms with Gasteiger partial charge in [0.15, 0.2) is 0 Å². The number of hydrogen-bond donors (Lipinski definition) is 4. The lowest BCUT2D eigenvalue weighted by Gasteiger charge is -2.30. The molecule has 170 valence electrons. The van der Waals surface area contributed by atoms with Gasteiger partial charge in [0.05, 0.1) is 23.2 Å². The third-order valence-electron chi connectivity index (χ3n) is 6.08. The van der Waals surface area contributed by atoms with Gasteiger partial charge in [0, 0.05) is 17.7 Å². The number of nitrogens with one attached hydrogen (secondary N) is 1. The van der Waals surface area contributed by atoms with Crippen molar-refractivity contribution in [2.45, 2.75) is 18.0 Å². The molecule has 0 spiro atoms. The molecule has 2 aliphatic heterocycles. The first-order valence-electron chi connectivity index (χ1n) is 9.78. The number of phenols is 1. The van der Waals surface area contributed by atoms with Crippen LogP contribution in [0.15, 0.2) is 48.5 Å². The number of nitro benzene ring substituents is 1. The number of aromatic hydroxyl groups is 1. The smallest absolute Gasteiger partial charge is 0.325 e. The summed E-state index contributed by atoms with van der Waals surface area (Å²) in [4.78, 5) is 62.6. The number of carbonyl (C=O) groups is 4. The lowest BCUT2D eigenvalue weighted by Crippen LogP contribution is -2.57. The molecule has 0 saturated carbocycles. The fourth-order valence-corrected chi connectivity index (χ4v) is 4.78. The zero-order chi connectivity index (χ0) is 24.1. The minimum absolute atomic E-state index is 0.130. The van der Waals surface area contributed by atoms with Gasteiger partial charge < -0.3 is 15.9 Å². The number of amides is 3. The predicted molar refractivity (Wildman–Crippen MR) is 111 cm³/mol. The summed E-state index contributed by atoms with van der Waals surface area (Å²) in [5.41, 5.74) is 2.31. The minimum atomic E-state index is -2.27. The Morgan fingerprint density at radius 2 is 1.76 bits per heavy atom. The van der Waals surface area contributed by atoms with Gasteiger partial charge in [-0.3, -0.25) is 34.6 Å². The topological polar surface area (TPSA) is 193 Å². The molecule has 4 atom stereocenters. The average Bonchev–Trinajstić information content (AvgIpc) is 3.22. The van der Waals surface area contributed by atoms with E-state index in [0.29, 0.717) is 4.90 Å². The highest BCUT2D eigenvalue weighted by atomic mass is 16.6. The Bertz CT molecular complexity index is 1210. The molecule has 5 N–H and O–H groups in total. The van der Waals surface area contributed by atoms with Gasteiger partial charge in [-0.2, -0.15) is 0 Å². The molecule has 2 saturated heterocycles. The van der Waals surface area contributed by atoms with Crippen LogP contribution < -0.4 is 16.0 Å². The molecule has 2 fully saturated rings. The Morgan fingerprint density at radius 1 is 1.12 bits per heavy atom. The number of fused-ring (bicyclic) bond motifs is 1. The third-order valence-corrected chi connectivity index (χ3v) is 6.08. The number of nitrogens with two attached hydrogens (primary N) is 1. The summed E-state index contributed by atoms with van der Waals surface area (Å²) in [5.74, 6) is -7.80. The molecule has 0 bridgehead atoms. The van der Waals surface area contributed by atoms with Gasteiger partial charge >= 0.3 is 5.97 Å². The number of primary amides is 1. The van der Waals surface area contributed by atoms with Gasteiger partial charge in [0.25, 0.3) is 5.69 Å². The molecule has 0 aliphatic carbocycles. The predicted octanol–water partition coefficient (Wildman–Crippen LogP) is 0.449. The second-order valence-corrected chi connectivity index (χ2v) is 7.86. The Kier molecular flexibility index (Phi) is 5.09. The number of nitrogens with zero attached hydrogens (tertiary/aromatic N) is 2. The average molecular weight is 454 g/mol. The van der Waals surface area contributed by atoms with Crippen molar-refractivity contribution in [2.24, 2.45) is 17.6 Å². The molecule has 4 rings (SSSR count). The van der Waals surface area contributed by atoms with E-state index in [1.807, 2.05) is 0 Å². The first-order valence-corrected chi connectivity index (χ1v) is 9.78. The number of imide groups is 1. The molecule has 0 radical (unpaired) electrons. The van der Waals surface area contributed by atoms with Crippen LogP contribution in [0.5, 0.6) is 5.75 Å². The highest BCUT2D eigenvalue weighted by molar-refractivity contribution is 6.25. The van der Waals surface area contributed by atoms with Crippen LogP contribution in [0, 0.1) is 22.0 Å². The van der Waals surface area contributed by atoms with Crippen molar-refractivity contribution in [3.8, 4) is 5.75 Å². The maximum atomic E-state index is 13.5. The Hall–Kier alpha value is -4.32. The highest BCUT2D eigenvalue weighted by Gasteiger charge is 2.69. The number of benzene rings is 2. The van der Waals surface area contributed by atoms with Gasteiger partial charge in [0.1, 0.15) is 17.0 Å². The molecule has 2 aromatic carbocycles. The van der Waals surface area contributed by atoms with E-state index in [1.165, 1.54) is 36.4 Å². The van der Waals surface area contributed by atoms with Crippen LogP contribution in [0.2, 0.25) is 0 Å². The zero-order valence-corrected chi connectivity index (χ0v) is 16.9. The standard InChI is InChI=1S/C21H18N4O8/c22-14(27)9-21(20(30)31)16-15(17(23-21)10-5-1-4-8-13(10)26)18(28)24(19(16)29)11-6-2-3-7-12(11)25(32)33/h1-8,15-17,23,26H,9H2,(H2,22,27)(H,30,31)/t15-,16-,17+,21-/m0/s1. The highest BCUT2D eigenvalue weighted by Crippen LogP contribution is 2.52. The van der Waals surface area contributed by atoms with Crippen molar-refractivity contribution >= 4 is 35.1 Å². The summed E-state index contributed by atoms with van der Waals surface area (Å²) in [5, 5.41) is 34.6. The monoisotopic (exact) mass is 454 g/mol. The Morgan fingerprint density at radius 3 is 2.36 bits per heavy atom. The van der Waals surface area contributed by atoms with Crippen LogP contribution in [0.1, 0.15) is 18.0 Å². The molecule has 2 aliphatic rings. The van der Waals surface area contributed by atoms with Crippen molar-refractivity contribution in [3.05, 3.63) is 64.2 Å². The molecule has 0 unspecified atom stereocenters. The quantitative estimate of drug-likeness (QED) is 0.272. The molecule has 33 heavy (non-hydrogen) atoms. The number of carbonyl (C=O) groups excluding carboxylic acids is 3. The number of carboxylic acid groups (broad SMARTS) is 1. The molecular formula is C21H18N4O8. The Labute approximate surface area is 185 Å². The van der Waals surface area contributed by atoms with Gasteiger partial charge in [-0.25, -0.2) is 4.90 Å².